The lowest BCUT2D eigenvalue weighted by molar-refractivity contribution is 0.0988. The predicted octanol–water partition coefficient (Wildman–Crippen LogP) is 4.36. The van der Waals surface area contributed by atoms with Gasteiger partial charge in [0.15, 0.2) is 5.13 Å². The summed E-state index contributed by atoms with van der Waals surface area (Å²) in [5.74, 6) is -0.293. The molecule has 0 fully saturated rings. The third kappa shape index (κ3) is 3.07. The van der Waals surface area contributed by atoms with Crippen molar-refractivity contribution in [2.24, 2.45) is 0 Å². The number of nitrogens with zero attached hydrogens (tertiary/aromatic N) is 2. The van der Waals surface area contributed by atoms with Crippen molar-refractivity contribution < 1.29 is 9.32 Å². The van der Waals surface area contributed by atoms with E-state index in [1.807, 2.05) is 0 Å². The summed E-state index contributed by atoms with van der Waals surface area (Å²) in [7, 11) is 0. The molecular formula is C13H7Cl2N3O2S. The zero-order valence-electron chi connectivity index (χ0n) is 10.3. The van der Waals surface area contributed by atoms with Gasteiger partial charge in [-0.15, -0.1) is 11.3 Å². The van der Waals surface area contributed by atoms with Crippen LogP contribution in [0.25, 0.3) is 11.3 Å². The Morgan fingerprint density at radius 1 is 1.29 bits per heavy atom. The van der Waals surface area contributed by atoms with Crippen molar-refractivity contribution in [2.75, 3.05) is 5.32 Å². The van der Waals surface area contributed by atoms with Crippen LogP contribution in [0.15, 0.2) is 40.4 Å². The first-order valence-corrected chi connectivity index (χ1v) is 7.40. The molecule has 0 atom stereocenters. The lowest BCUT2D eigenvalue weighted by atomic mass is 10.2. The van der Waals surface area contributed by atoms with Crippen LogP contribution in [0.5, 0.6) is 0 Å². The van der Waals surface area contributed by atoms with E-state index in [0.29, 0.717) is 26.4 Å². The third-order valence-corrected chi connectivity index (χ3v) is 3.91. The van der Waals surface area contributed by atoms with E-state index < -0.39 is 5.91 Å². The summed E-state index contributed by atoms with van der Waals surface area (Å²) >= 11 is 13.4. The molecule has 3 aromatic rings. The van der Waals surface area contributed by atoms with E-state index in [0.717, 1.165) is 0 Å². The van der Waals surface area contributed by atoms with Crippen LogP contribution in [-0.2, 0) is 0 Å². The smallest absolute Gasteiger partial charge is 0.296 e. The predicted molar refractivity (Wildman–Crippen MR) is 82.0 cm³/mol. The first-order chi connectivity index (χ1) is 10.1. The number of amides is 1. The third-order valence-electron chi connectivity index (χ3n) is 2.59. The molecule has 0 aliphatic heterocycles. The number of nitrogens with one attached hydrogen (secondary N) is 1. The molecule has 0 aliphatic carbocycles. The Balaban J connectivity index is 1.83. The topological polar surface area (TPSA) is 68.0 Å². The molecule has 2 aromatic heterocycles. The fraction of sp³-hybridized carbons (Fsp3) is 0. The highest BCUT2D eigenvalue weighted by Crippen LogP contribution is 2.32. The molecule has 0 unspecified atom stereocenters. The Bertz CT molecular complexity index is 787. The zero-order valence-corrected chi connectivity index (χ0v) is 12.7. The second kappa shape index (κ2) is 5.85. The standard InChI is InChI=1S/C13H7Cl2N3O2S/c14-7-1-2-9(15)8(5-7)10-6-21-13(17-10)18-12(19)11-3-4-16-20-11/h1-6H,(H,17,18,19). The summed E-state index contributed by atoms with van der Waals surface area (Å²) in [6.07, 6.45) is 1.40. The zero-order chi connectivity index (χ0) is 14.8. The van der Waals surface area contributed by atoms with Crippen molar-refractivity contribution in [3.8, 4) is 11.3 Å². The minimum atomic E-state index is -0.411. The number of hydrogen-bond acceptors (Lipinski definition) is 5. The Labute approximate surface area is 133 Å². The summed E-state index contributed by atoms with van der Waals surface area (Å²) in [5.41, 5.74) is 1.35. The van der Waals surface area contributed by atoms with Crippen molar-refractivity contribution in [3.05, 3.63) is 51.6 Å². The summed E-state index contributed by atoms with van der Waals surface area (Å²) < 4.78 is 4.77. The highest BCUT2D eigenvalue weighted by atomic mass is 35.5. The van der Waals surface area contributed by atoms with E-state index in [2.05, 4.69) is 15.5 Å². The minimum absolute atomic E-state index is 0.118. The molecule has 0 aliphatic rings. The number of halogens is 2. The molecule has 8 heteroatoms. The van der Waals surface area contributed by atoms with Crippen LogP contribution in [0, 0.1) is 0 Å². The van der Waals surface area contributed by atoms with Gasteiger partial charge in [0.2, 0.25) is 5.76 Å². The molecule has 106 valence electrons. The van der Waals surface area contributed by atoms with Crippen LogP contribution in [0.2, 0.25) is 10.0 Å². The van der Waals surface area contributed by atoms with E-state index in [9.17, 15) is 4.79 Å². The van der Waals surface area contributed by atoms with E-state index in [-0.39, 0.29) is 5.76 Å². The van der Waals surface area contributed by atoms with Crippen LogP contribution < -0.4 is 5.32 Å². The second-order valence-corrected chi connectivity index (χ2v) is 5.69. The first-order valence-electron chi connectivity index (χ1n) is 5.76. The number of benzene rings is 1. The fourth-order valence-electron chi connectivity index (χ4n) is 1.64. The van der Waals surface area contributed by atoms with Crippen LogP contribution in [-0.4, -0.2) is 16.0 Å². The summed E-state index contributed by atoms with van der Waals surface area (Å²) in [4.78, 5) is 16.1. The van der Waals surface area contributed by atoms with Crippen molar-refractivity contribution in [3.63, 3.8) is 0 Å². The first kappa shape index (κ1) is 14.1. The number of anilines is 1. The van der Waals surface area contributed by atoms with Crippen molar-refractivity contribution in [1.82, 2.24) is 10.1 Å². The molecule has 5 nitrogen and oxygen atoms in total. The number of carbonyl (C=O) groups is 1. The van der Waals surface area contributed by atoms with Gasteiger partial charge in [0.05, 0.1) is 16.9 Å². The van der Waals surface area contributed by atoms with Crippen LogP contribution in [0.1, 0.15) is 10.6 Å². The van der Waals surface area contributed by atoms with E-state index >= 15 is 0 Å². The molecule has 3 rings (SSSR count). The number of carbonyl (C=O) groups excluding carboxylic acids is 1. The van der Waals surface area contributed by atoms with Gasteiger partial charge in [0.25, 0.3) is 5.91 Å². The molecule has 1 amide bonds. The summed E-state index contributed by atoms with van der Waals surface area (Å²) in [6.45, 7) is 0. The molecule has 2 heterocycles. The fourth-order valence-corrected chi connectivity index (χ4v) is 2.73. The maximum Gasteiger partial charge on any atom is 0.296 e. The van der Waals surface area contributed by atoms with Crippen LogP contribution in [0.3, 0.4) is 0 Å². The van der Waals surface area contributed by atoms with E-state index in [4.69, 9.17) is 27.7 Å². The number of aromatic nitrogens is 2. The minimum Gasteiger partial charge on any atom is -0.351 e. The van der Waals surface area contributed by atoms with Gasteiger partial charge in [-0.1, -0.05) is 28.4 Å². The Hall–Kier alpha value is -1.89. The van der Waals surface area contributed by atoms with Crippen molar-refractivity contribution in [2.45, 2.75) is 0 Å². The normalized spacial score (nSPS) is 10.6. The Morgan fingerprint density at radius 3 is 2.90 bits per heavy atom. The quantitative estimate of drug-likeness (QED) is 0.769. The lowest BCUT2D eigenvalue weighted by Crippen LogP contribution is -2.10. The second-order valence-electron chi connectivity index (χ2n) is 3.99. The molecule has 0 saturated carbocycles. The molecule has 21 heavy (non-hydrogen) atoms. The number of thiazole rings is 1. The molecule has 1 aromatic carbocycles. The lowest BCUT2D eigenvalue weighted by Gasteiger charge is -2.01. The molecule has 0 spiro atoms. The van der Waals surface area contributed by atoms with Crippen LogP contribution in [0.4, 0.5) is 5.13 Å². The average Bonchev–Trinajstić information content (AvgIpc) is 3.12. The maximum absolute atomic E-state index is 11.8. The monoisotopic (exact) mass is 339 g/mol. The van der Waals surface area contributed by atoms with Gasteiger partial charge in [-0.25, -0.2) is 4.98 Å². The van der Waals surface area contributed by atoms with Crippen LogP contribution >= 0.6 is 34.5 Å². The highest BCUT2D eigenvalue weighted by molar-refractivity contribution is 7.14. The number of rotatable bonds is 3. The van der Waals surface area contributed by atoms with Gasteiger partial charge in [-0.2, -0.15) is 0 Å². The SMILES string of the molecule is O=C(Nc1nc(-c2cc(Cl)ccc2Cl)cs1)c1ccno1. The Morgan fingerprint density at radius 2 is 2.14 bits per heavy atom. The maximum atomic E-state index is 11.8. The van der Waals surface area contributed by atoms with Crippen molar-refractivity contribution >= 4 is 45.6 Å². The van der Waals surface area contributed by atoms with Gasteiger partial charge in [0.1, 0.15) is 0 Å². The molecule has 0 saturated heterocycles. The highest BCUT2D eigenvalue weighted by Gasteiger charge is 2.14. The van der Waals surface area contributed by atoms with Gasteiger partial charge >= 0.3 is 0 Å². The molecular weight excluding hydrogens is 333 g/mol. The van der Waals surface area contributed by atoms with Crippen molar-refractivity contribution in [1.29, 1.82) is 0 Å². The summed E-state index contributed by atoms with van der Waals surface area (Å²) in [6, 6.07) is 6.59. The molecule has 0 bridgehead atoms. The van der Waals surface area contributed by atoms with Gasteiger partial charge in [0, 0.05) is 22.0 Å². The number of hydrogen-bond donors (Lipinski definition) is 1. The van der Waals surface area contributed by atoms with E-state index in [1.165, 1.54) is 23.6 Å². The van der Waals surface area contributed by atoms with Gasteiger partial charge < -0.3 is 4.52 Å². The summed E-state index contributed by atoms with van der Waals surface area (Å²) in [5, 5.41) is 9.42. The molecule has 1 N–H and O–H groups in total. The van der Waals surface area contributed by atoms with Gasteiger partial charge in [-0.05, 0) is 18.2 Å². The van der Waals surface area contributed by atoms with E-state index in [1.54, 1.807) is 23.6 Å². The average molecular weight is 340 g/mol. The molecule has 0 radical (unpaired) electrons. The largest absolute Gasteiger partial charge is 0.351 e. The Kier molecular flexibility index (Phi) is 3.92. The van der Waals surface area contributed by atoms with Gasteiger partial charge in [-0.3, -0.25) is 10.1 Å².